The maximum atomic E-state index is 11.5. The van der Waals surface area contributed by atoms with Gasteiger partial charge in [-0.05, 0) is 18.6 Å². The molecule has 0 heterocycles. The highest BCUT2D eigenvalue weighted by Gasteiger charge is 2.05. The average molecular weight is 189 g/mol. The fourth-order valence-corrected chi connectivity index (χ4v) is 1.21. The highest BCUT2D eigenvalue weighted by molar-refractivity contribution is 5.96. The van der Waals surface area contributed by atoms with Crippen LogP contribution in [0.4, 0.5) is 0 Å². The van der Waals surface area contributed by atoms with Gasteiger partial charge in [0, 0.05) is 19.7 Å². The summed E-state index contributed by atoms with van der Waals surface area (Å²) >= 11 is 0. The summed E-state index contributed by atoms with van der Waals surface area (Å²) in [7, 11) is 3.51. The Morgan fingerprint density at radius 2 is 1.79 bits per heavy atom. The zero-order valence-corrected chi connectivity index (χ0v) is 8.82. The largest absolute Gasteiger partial charge is 0.345 e. The van der Waals surface area contributed by atoms with Gasteiger partial charge in [0.2, 0.25) is 5.91 Å². The first kappa shape index (κ1) is 10.5. The van der Waals surface area contributed by atoms with Crippen molar-refractivity contribution >= 4 is 12.0 Å². The third-order valence-corrected chi connectivity index (χ3v) is 1.93. The summed E-state index contributed by atoms with van der Waals surface area (Å²) in [5, 5.41) is 0. The molecule has 0 aliphatic heterocycles. The van der Waals surface area contributed by atoms with Crippen molar-refractivity contribution in [2.24, 2.45) is 0 Å². The van der Waals surface area contributed by atoms with Crippen LogP contribution in [0.15, 0.2) is 35.9 Å². The molecule has 0 aromatic heterocycles. The first-order valence-electron chi connectivity index (χ1n) is 4.56. The molecule has 0 spiro atoms. The molecule has 0 aliphatic rings. The summed E-state index contributed by atoms with van der Waals surface area (Å²) in [4.78, 5) is 13.1. The molecule has 2 nitrogen and oxygen atoms in total. The second kappa shape index (κ2) is 4.61. The highest BCUT2D eigenvalue weighted by Crippen LogP contribution is 2.07. The summed E-state index contributed by atoms with van der Waals surface area (Å²) in [6.07, 6.45) is 1.89. The Balaban J connectivity index is 2.84. The highest BCUT2D eigenvalue weighted by atomic mass is 16.2. The van der Waals surface area contributed by atoms with Gasteiger partial charge in [0.05, 0.1) is 0 Å². The minimum absolute atomic E-state index is 0.0499. The van der Waals surface area contributed by atoms with Crippen LogP contribution in [0.1, 0.15) is 12.5 Å². The molecule has 0 bridgehead atoms. The molecule has 1 rings (SSSR count). The van der Waals surface area contributed by atoms with Gasteiger partial charge in [-0.3, -0.25) is 4.79 Å². The van der Waals surface area contributed by atoms with E-state index in [0.717, 1.165) is 11.1 Å². The standard InChI is InChI=1S/C12H15NO/c1-10(12(14)13(2)3)9-11-7-5-4-6-8-11/h4-9H,1-3H3/b10-9+. The summed E-state index contributed by atoms with van der Waals surface area (Å²) < 4.78 is 0. The van der Waals surface area contributed by atoms with Crippen LogP contribution in [-0.2, 0) is 4.79 Å². The number of hydrogen-bond donors (Lipinski definition) is 0. The van der Waals surface area contributed by atoms with Crippen molar-refractivity contribution in [1.29, 1.82) is 0 Å². The van der Waals surface area contributed by atoms with Crippen LogP contribution in [0.25, 0.3) is 6.08 Å². The monoisotopic (exact) mass is 189 g/mol. The molecule has 0 atom stereocenters. The van der Waals surface area contributed by atoms with Gasteiger partial charge in [0.25, 0.3) is 0 Å². The van der Waals surface area contributed by atoms with E-state index in [2.05, 4.69) is 0 Å². The SMILES string of the molecule is C/C(=C\c1ccccc1)C(=O)N(C)C. The van der Waals surface area contributed by atoms with E-state index in [-0.39, 0.29) is 5.91 Å². The molecule has 0 aliphatic carbocycles. The van der Waals surface area contributed by atoms with Crippen molar-refractivity contribution < 1.29 is 4.79 Å². The second-order valence-corrected chi connectivity index (χ2v) is 3.44. The van der Waals surface area contributed by atoms with Crippen molar-refractivity contribution in [2.75, 3.05) is 14.1 Å². The molecule has 1 amide bonds. The number of rotatable bonds is 2. The fraction of sp³-hybridized carbons (Fsp3) is 0.250. The molecule has 2 heteroatoms. The Hall–Kier alpha value is -1.57. The van der Waals surface area contributed by atoms with Gasteiger partial charge < -0.3 is 4.90 Å². The second-order valence-electron chi connectivity index (χ2n) is 3.44. The topological polar surface area (TPSA) is 20.3 Å². The Morgan fingerprint density at radius 3 is 2.29 bits per heavy atom. The molecule has 14 heavy (non-hydrogen) atoms. The molecule has 0 fully saturated rings. The van der Waals surface area contributed by atoms with Gasteiger partial charge in [0.1, 0.15) is 0 Å². The predicted molar refractivity (Wildman–Crippen MR) is 58.8 cm³/mol. The predicted octanol–water partition coefficient (Wildman–Crippen LogP) is 2.18. The van der Waals surface area contributed by atoms with Crippen molar-refractivity contribution in [3.05, 3.63) is 41.5 Å². The molecular formula is C12H15NO. The van der Waals surface area contributed by atoms with Gasteiger partial charge in [-0.1, -0.05) is 30.3 Å². The number of carbonyl (C=O) groups excluding carboxylic acids is 1. The number of nitrogens with zero attached hydrogens (tertiary/aromatic N) is 1. The molecule has 1 aromatic rings. The number of benzene rings is 1. The maximum Gasteiger partial charge on any atom is 0.248 e. The normalized spacial score (nSPS) is 11.2. The minimum atomic E-state index is 0.0499. The van der Waals surface area contributed by atoms with Gasteiger partial charge in [-0.2, -0.15) is 0 Å². The van der Waals surface area contributed by atoms with E-state index in [4.69, 9.17) is 0 Å². The lowest BCUT2D eigenvalue weighted by molar-refractivity contribution is -0.124. The lowest BCUT2D eigenvalue weighted by Crippen LogP contribution is -2.22. The summed E-state index contributed by atoms with van der Waals surface area (Å²) in [6, 6.07) is 9.83. The van der Waals surface area contributed by atoms with Crippen molar-refractivity contribution in [3.8, 4) is 0 Å². The van der Waals surface area contributed by atoms with Crippen molar-refractivity contribution in [3.63, 3.8) is 0 Å². The number of hydrogen-bond acceptors (Lipinski definition) is 1. The van der Waals surface area contributed by atoms with Crippen LogP contribution in [-0.4, -0.2) is 24.9 Å². The smallest absolute Gasteiger partial charge is 0.248 e. The Kier molecular flexibility index (Phi) is 3.46. The van der Waals surface area contributed by atoms with Crippen molar-refractivity contribution in [2.45, 2.75) is 6.92 Å². The number of amides is 1. The first-order chi connectivity index (χ1) is 6.61. The molecule has 0 N–H and O–H groups in total. The third kappa shape index (κ3) is 2.73. The van der Waals surface area contributed by atoms with Crippen LogP contribution in [0.5, 0.6) is 0 Å². The Bertz CT molecular complexity index is 339. The number of carbonyl (C=O) groups is 1. The summed E-state index contributed by atoms with van der Waals surface area (Å²) in [5.41, 5.74) is 1.81. The lowest BCUT2D eigenvalue weighted by atomic mass is 10.1. The first-order valence-corrected chi connectivity index (χ1v) is 4.56. The van der Waals surface area contributed by atoms with Crippen LogP contribution >= 0.6 is 0 Å². The van der Waals surface area contributed by atoms with E-state index in [1.807, 2.05) is 43.3 Å². The van der Waals surface area contributed by atoms with E-state index in [1.165, 1.54) is 0 Å². The molecule has 0 saturated carbocycles. The lowest BCUT2D eigenvalue weighted by Gasteiger charge is -2.09. The van der Waals surface area contributed by atoms with Gasteiger partial charge in [-0.15, -0.1) is 0 Å². The van der Waals surface area contributed by atoms with Crippen LogP contribution in [0.2, 0.25) is 0 Å². The molecule has 0 saturated heterocycles. The van der Waals surface area contributed by atoms with Crippen molar-refractivity contribution in [1.82, 2.24) is 4.90 Å². The summed E-state index contributed by atoms with van der Waals surface area (Å²) in [6.45, 7) is 1.83. The summed E-state index contributed by atoms with van der Waals surface area (Å²) in [5.74, 6) is 0.0499. The molecular weight excluding hydrogens is 174 g/mol. The van der Waals surface area contributed by atoms with Crippen LogP contribution in [0, 0.1) is 0 Å². The zero-order valence-electron chi connectivity index (χ0n) is 8.82. The molecule has 0 radical (unpaired) electrons. The van der Waals surface area contributed by atoms with E-state index in [1.54, 1.807) is 19.0 Å². The number of likely N-dealkylation sites (N-methyl/N-ethyl adjacent to an activating group) is 1. The molecule has 1 aromatic carbocycles. The average Bonchev–Trinajstić information content (AvgIpc) is 2.18. The maximum absolute atomic E-state index is 11.5. The Morgan fingerprint density at radius 1 is 1.21 bits per heavy atom. The van der Waals surface area contributed by atoms with E-state index >= 15 is 0 Å². The van der Waals surface area contributed by atoms with Gasteiger partial charge in [-0.25, -0.2) is 0 Å². The van der Waals surface area contributed by atoms with E-state index in [0.29, 0.717) is 0 Å². The Labute approximate surface area is 84.9 Å². The molecule has 74 valence electrons. The minimum Gasteiger partial charge on any atom is -0.345 e. The van der Waals surface area contributed by atoms with Crippen LogP contribution in [0.3, 0.4) is 0 Å². The van der Waals surface area contributed by atoms with Crippen LogP contribution < -0.4 is 0 Å². The fourth-order valence-electron chi connectivity index (χ4n) is 1.21. The van der Waals surface area contributed by atoms with E-state index in [9.17, 15) is 4.79 Å². The molecule has 0 unspecified atom stereocenters. The van der Waals surface area contributed by atoms with Gasteiger partial charge >= 0.3 is 0 Å². The zero-order chi connectivity index (χ0) is 10.6. The quantitative estimate of drug-likeness (QED) is 0.653. The third-order valence-electron chi connectivity index (χ3n) is 1.93. The van der Waals surface area contributed by atoms with E-state index < -0.39 is 0 Å². The van der Waals surface area contributed by atoms with Gasteiger partial charge in [0.15, 0.2) is 0 Å².